The van der Waals surface area contributed by atoms with Crippen LogP contribution in [0.5, 0.6) is 0 Å². The third-order valence-electron chi connectivity index (χ3n) is 29.7. The lowest BCUT2D eigenvalue weighted by atomic mass is 9.67. The molecule has 5 heterocycles. The summed E-state index contributed by atoms with van der Waals surface area (Å²) in [4.78, 5) is 11.6. The van der Waals surface area contributed by atoms with Crippen LogP contribution in [-0.4, -0.2) is 28.2 Å². The minimum atomic E-state index is -0.542. The van der Waals surface area contributed by atoms with Crippen LogP contribution in [0.3, 0.4) is 0 Å². The van der Waals surface area contributed by atoms with Gasteiger partial charge in [-0.3, -0.25) is 4.57 Å². The number of hydrogen-bond acceptors (Lipinski definition) is 2. The Morgan fingerprint density at radius 1 is 0.145 bits per heavy atom. The number of benzene rings is 21. The molecule has 6 heteroatoms. The van der Waals surface area contributed by atoms with Crippen LogP contribution >= 0.6 is 0 Å². The summed E-state index contributed by atoms with van der Waals surface area (Å²) in [5.74, 6) is 0.569. The number of para-hydroxylation sites is 4. The number of aromatic nitrogens is 6. The van der Waals surface area contributed by atoms with E-state index in [2.05, 4.69) is 528 Å². The highest BCUT2D eigenvalue weighted by Gasteiger charge is 2.48. The zero-order chi connectivity index (χ0) is 90.7. The highest BCUT2D eigenvalue weighted by Crippen LogP contribution is 2.60. The first-order chi connectivity index (χ1) is 68.4. The van der Waals surface area contributed by atoms with Gasteiger partial charge in [-0.05, 0) is 262 Å². The maximum absolute atomic E-state index is 5.82. The quantitative estimate of drug-likeness (QED) is 0.103. The summed E-state index contributed by atoms with van der Waals surface area (Å²) < 4.78 is 9.68. The van der Waals surface area contributed by atoms with E-state index in [1.54, 1.807) is 0 Å². The summed E-state index contributed by atoms with van der Waals surface area (Å²) >= 11 is 0. The van der Waals surface area contributed by atoms with E-state index < -0.39 is 10.8 Å². The van der Waals surface area contributed by atoms with Crippen molar-refractivity contribution in [2.75, 3.05) is 0 Å². The minimum Gasteiger partial charge on any atom is -0.309 e. The summed E-state index contributed by atoms with van der Waals surface area (Å²) in [6.07, 6.45) is 0. The van der Waals surface area contributed by atoms with Gasteiger partial charge in [0.1, 0.15) is 0 Å². The Morgan fingerprint density at radius 3 is 0.804 bits per heavy atom. The zero-order valence-corrected chi connectivity index (χ0v) is 75.2. The van der Waals surface area contributed by atoms with Crippen molar-refractivity contribution in [1.29, 1.82) is 0 Å². The summed E-state index contributed by atoms with van der Waals surface area (Å²) in [6, 6.07) is 189. The lowest BCUT2D eigenvalue weighted by molar-refractivity contribution is 0.767. The van der Waals surface area contributed by atoms with Crippen molar-refractivity contribution in [3.63, 3.8) is 0 Å². The average Bonchev–Trinajstić information content (AvgIpc) is 1.53. The van der Waals surface area contributed by atoms with Crippen molar-refractivity contribution in [3.05, 3.63) is 554 Å². The van der Waals surface area contributed by atoms with Crippen molar-refractivity contribution in [2.45, 2.75) is 10.8 Å². The molecule has 642 valence electrons. The number of nitrogens with zero attached hydrogens (tertiary/aromatic N) is 6. The third-order valence-corrected chi connectivity index (χ3v) is 29.7. The van der Waals surface area contributed by atoms with Gasteiger partial charge in [-0.15, -0.1) is 0 Å². The van der Waals surface area contributed by atoms with E-state index >= 15 is 0 Å². The molecule has 0 aliphatic heterocycles. The van der Waals surface area contributed by atoms with Crippen LogP contribution in [0.25, 0.3) is 211 Å². The van der Waals surface area contributed by atoms with Crippen molar-refractivity contribution in [2.24, 2.45) is 0 Å². The lowest BCUT2D eigenvalue weighted by Gasteiger charge is -2.34. The third kappa shape index (κ3) is 12.0. The number of hydrogen-bond donors (Lipinski definition) is 0. The summed E-state index contributed by atoms with van der Waals surface area (Å²) in [5.41, 5.74) is 41.1. The van der Waals surface area contributed by atoms with Gasteiger partial charge in [-0.1, -0.05) is 370 Å². The van der Waals surface area contributed by atoms with Crippen LogP contribution in [0.2, 0.25) is 0 Å². The molecule has 0 saturated carbocycles. The van der Waals surface area contributed by atoms with Crippen LogP contribution in [0.15, 0.2) is 510 Å². The summed E-state index contributed by atoms with van der Waals surface area (Å²) in [7, 11) is 0. The Bertz CT molecular complexity index is 9310. The standard InChI is InChI=1S/C132H84N6/c1-7-33-85(34-8-1)94-74-95(86-35-9-2-10-36-86)76-96(75-94)87-37-31-38-92(73-87)120-84-121(134-130(133-120)138-125-60-30-24-54-111(125)115-81-91(64-72-129(115)138)90-63-71-128-114(80-90)110-53-23-29-59-124(110)137(128)103-66-68-107-105-50-20-26-56-117(105)132(119(107)83-103,99-44-15-5-16-45-99)100-46-17-6-18-47-100)93-39-32-48-101(77-93)135-122-57-27-21-51-108(122)112-78-88(61-69-126(112)135)89-62-70-127-113(79-89)109-52-22-28-58-123(109)136(127)102-65-67-106-104-49-19-25-55-116(104)131(118(106)82-102,97-40-11-3-12-41-97)98-42-13-4-14-43-98/h1-84H. The zero-order valence-electron chi connectivity index (χ0n) is 75.2. The van der Waals surface area contributed by atoms with E-state index in [4.69, 9.17) is 9.97 Å². The fourth-order valence-electron chi connectivity index (χ4n) is 23.7. The van der Waals surface area contributed by atoms with Crippen molar-refractivity contribution < 1.29 is 0 Å². The first kappa shape index (κ1) is 78.5. The van der Waals surface area contributed by atoms with Gasteiger partial charge in [0.15, 0.2) is 0 Å². The van der Waals surface area contributed by atoms with E-state index in [0.29, 0.717) is 5.95 Å². The van der Waals surface area contributed by atoms with Crippen molar-refractivity contribution in [3.8, 4) is 123 Å². The van der Waals surface area contributed by atoms with E-state index in [-0.39, 0.29) is 0 Å². The Labute approximate surface area is 798 Å². The maximum atomic E-state index is 5.82. The molecule has 0 unspecified atom stereocenters. The topological polar surface area (TPSA) is 45.5 Å². The van der Waals surface area contributed by atoms with Crippen molar-refractivity contribution >= 4 is 87.2 Å². The molecule has 2 aliphatic carbocycles. The second-order valence-electron chi connectivity index (χ2n) is 37.0. The van der Waals surface area contributed by atoms with Gasteiger partial charge >= 0.3 is 0 Å². The Kier molecular flexibility index (Phi) is 17.8. The molecular formula is C132H84N6. The van der Waals surface area contributed by atoms with Gasteiger partial charge < -0.3 is 13.7 Å². The lowest BCUT2D eigenvalue weighted by Crippen LogP contribution is -2.28. The van der Waals surface area contributed by atoms with Crippen LogP contribution in [0.4, 0.5) is 0 Å². The van der Waals surface area contributed by atoms with Crippen LogP contribution < -0.4 is 0 Å². The summed E-state index contributed by atoms with van der Waals surface area (Å²) in [5, 5.41) is 9.34. The molecule has 0 N–H and O–H groups in total. The predicted molar refractivity (Wildman–Crippen MR) is 572 cm³/mol. The maximum Gasteiger partial charge on any atom is 0.235 e. The molecule has 21 aromatic carbocycles. The normalized spacial score (nSPS) is 12.9. The largest absolute Gasteiger partial charge is 0.309 e. The molecule has 2 aliphatic rings. The smallest absolute Gasteiger partial charge is 0.235 e. The van der Waals surface area contributed by atoms with E-state index in [9.17, 15) is 0 Å². The highest BCUT2D eigenvalue weighted by atomic mass is 15.2. The number of fused-ring (bicyclic) bond motifs is 18. The molecule has 6 nitrogen and oxygen atoms in total. The molecule has 0 spiro atoms. The molecule has 0 saturated heterocycles. The molecule has 0 fully saturated rings. The van der Waals surface area contributed by atoms with Crippen LogP contribution in [0, 0.1) is 0 Å². The fourth-order valence-corrected chi connectivity index (χ4v) is 23.7. The van der Waals surface area contributed by atoms with E-state index in [1.165, 1.54) is 99.1 Å². The molecule has 26 aromatic rings. The van der Waals surface area contributed by atoms with Crippen molar-refractivity contribution in [1.82, 2.24) is 28.2 Å². The first-order valence-electron chi connectivity index (χ1n) is 47.6. The molecular weight excluding hydrogens is 1670 g/mol. The molecule has 0 atom stereocenters. The molecule has 138 heavy (non-hydrogen) atoms. The molecule has 0 radical (unpaired) electrons. The Balaban J connectivity index is 0.570. The molecule has 5 aromatic heterocycles. The SMILES string of the molecule is c1ccc(-c2cc(-c3ccccc3)cc(-c3cccc(-c4cc(-c5cccc(-n6c7ccccc7c7cc(-c8ccc9c(c8)c8ccccc8n9-c8ccc9c(c8)C(c8ccccc8)(c8ccccc8)c8ccccc8-9)ccc76)c5)nc(-n5c6ccccc6c6cc(-c7ccc8c(c7)c7ccccc7n8-c7ccc8c(c7)C(c7ccccc7)(c7ccccc7)c7ccccc7-8)ccc65)n4)c3)c2)cc1. The highest BCUT2D eigenvalue weighted by molar-refractivity contribution is 6.16. The molecule has 0 bridgehead atoms. The Hall–Kier alpha value is -18.1. The monoisotopic (exact) mass is 1750 g/mol. The second kappa shape index (κ2) is 31.3. The second-order valence-corrected chi connectivity index (χ2v) is 37.0. The van der Waals surface area contributed by atoms with Gasteiger partial charge in [-0.2, -0.15) is 0 Å². The first-order valence-corrected chi connectivity index (χ1v) is 47.6. The van der Waals surface area contributed by atoms with E-state index in [0.717, 1.165) is 150 Å². The van der Waals surface area contributed by atoms with Gasteiger partial charge in [0.05, 0.1) is 66.4 Å². The van der Waals surface area contributed by atoms with Gasteiger partial charge in [-0.25, -0.2) is 9.97 Å². The average molecular weight is 1750 g/mol. The fraction of sp³-hybridized carbons (Fsp3) is 0.0152. The van der Waals surface area contributed by atoms with E-state index in [1.807, 2.05) is 0 Å². The van der Waals surface area contributed by atoms with Gasteiger partial charge in [0.25, 0.3) is 0 Å². The molecule has 28 rings (SSSR count). The predicted octanol–water partition coefficient (Wildman–Crippen LogP) is 33.3. The molecule has 0 amide bonds. The summed E-state index contributed by atoms with van der Waals surface area (Å²) in [6.45, 7) is 0. The van der Waals surface area contributed by atoms with Gasteiger partial charge in [0.2, 0.25) is 5.95 Å². The number of rotatable bonds is 15. The van der Waals surface area contributed by atoms with Crippen LogP contribution in [0.1, 0.15) is 44.5 Å². The van der Waals surface area contributed by atoms with Crippen LogP contribution in [-0.2, 0) is 10.8 Å². The minimum absolute atomic E-state index is 0.533. The van der Waals surface area contributed by atoms with Gasteiger partial charge in [0, 0.05) is 71.3 Å². The Morgan fingerprint density at radius 2 is 0.413 bits per heavy atom.